The van der Waals surface area contributed by atoms with Crippen LogP contribution in [0.2, 0.25) is 0 Å². The number of rotatable bonds is 8. The van der Waals surface area contributed by atoms with Gasteiger partial charge in [0.1, 0.15) is 0 Å². The average Bonchev–Trinajstić information content (AvgIpc) is 3.32. The van der Waals surface area contributed by atoms with Crippen molar-refractivity contribution < 1.29 is 28.7 Å². The minimum absolute atomic E-state index is 0.113. The molecule has 0 aliphatic carbocycles. The molecule has 2 aromatic rings. The average molecular weight is 615 g/mol. The van der Waals surface area contributed by atoms with Gasteiger partial charge in [0.2, 0.25) is 0 Å². The second-order valence-electron chi connectivity index (χ2n) is 9.44. The van der Waals surface area contributed by atoms with Crippen LogP contribution in [0.3, 0.4) is 0 Å². The van der Waals surface area contributed by atoms with Crippen LogP contribution in [-0.4, -0.2) is 44.6 Å². The van der Waals surface area contributed by atoms with E-state index in [9.17, 15) is 19.2 Å². The van der Waals surface area contributed by atoms with Crippen molar-refractivity contribution in [1.82, 2.24) is 0 Å². The monoisotopic (exact) mass is 614 g/mol. The molecule has 8 nitrogen and oxygen atoms in total. The largest absolute Gasteiger partial charge is 0.463 e. The van der Waals surface area contributed by atoms with Gasteiger partial charge in [0.05, 0.1) is 46.2 Å². The smallest absolute Gasteiger partial charge is 0.310 e. The number of nitrogens with zero attached hydrogens (tertiary/aromatic N) is 2. The summed E-state index contributed by atoms with van der Waals surface area (Å²) in [6, 6.07) is 13.8. The number of hydrogen-bond acceptors (Lipinski definition) is 10. The predicted molar refractivity (Wildman–Crippen MR) is 165 cm³/mol. The van der Waals surface area contributed by atoms with Crippen molar-refractivity contribution in [3.63, 3.8) is 0 Å². The Morgan fingerprint density at radius 2 is 1.00 bits per heavy atom. The molecule has 4 rings (SSSR count). The van der Waals surface area contributed by atoms with Crippen LogP contribution < -0.4 is 9.80 Å². The fraction of sp³-hybridized carbons (Fsp3) is 0.286. The Kier molecular flexibility index (Phi) is 9.44. The number of hydrogen-bond donors (Lipinski definition) is 0. The number of thiocarbonyl (C=S) groups is 2. The van der Waals surface area contributed by atoms with Gasteiger partial charge in [-0.2, -0.15) is 0 Å². The van der Waals surface area contributed by atoms with Gasteiger partial charge in [-0.25, -0.2) is 0 Å². The molecule has 2 saturated heterocycles. The molecule has 2 aromatic carbocycles. The highest BCUT2D eigenvalue weighted by atomic mass is 32.2. The minimum atomic E-state index is -0.415. The van der Waals surface area contributed by atoms with Gasteiger partial charge >= 0.3 is 11.9 Å². The van der Waals surface area contributed by atoms with Gasteiger partial charge in [0, 0.05) is 0 Å². The molecule has 2 fully saturated rings. The SMILES string of the molecule is CC(C)OC(=O)Cc1ccc(N2C(=O)/C(=C3\SC(=S)N(c4ccc(CC(=O)OC(C)C)cc4)C3=O)SC2=S)cc1. The molecule has 2 amide bonds. The molecule has 0 saturated carbocycles. The minimum Gasteiger partial charge on any atom is -0.463 e. The lowest BCUT2D eigenvalue weighted by atomic mass is 10.1. The van der Waals surface area contributed by atoms with E-state index in [1.807, 2.05) is 0 Å². The molecular formula is C28H26N2O6S4. The number of esters is 2. The van der Waals surface area contributed by atoms with E-state index in [1.165, 1.54) is 9.80 Å². The maximum atomic E-state index is 13.4. The third-order valence-electron chi connectivity index (χ3n) is 5.57. The Balaban J connectivity index is 1.49. The van der Waals surface area contributed by atoms with Crippen LogP contribution in [-0.2, 0) is 41.5 Å². The first-order valence-electron chi connectivity index (χ1n) is 12.4. The van der Waals surface area contributed by atoms with Gasteiger partial charge in [0.15, 0.2) is 8.64 Å². The van der Waals surface area contributed by atoms with Crippen molar-refractivity contribution in [3.05, 3.63) is 69.5 Å². The van der Waals surface area contributed by atoms with Crippen molar-refractivity contribution in [2.75, 3.05) is 9.80 Å². The summed E-state index contributed by atoms with van der Waals surface area (Å²) in [5, 5.41) is 0. The number of amides is 2. The highest BCUT2D eigenvalue weighted by molar-refractivity contribution is 8.30. The number of anilines is 2. The van der Waals surface area contributed by atoms with Crippen LogP contribution in [0, 0.1) is 0 Å². The molecule has 0 radical (unpaired) electrons. The van der Waals surface area contributed by atoms with Gasteiger partial charge in [-0.3, -0.25) is 29.0 Å². The summed E-state index contributed by atoms with van der Waals surface area (Å²) in [6.45, 7) is 7.14. The van der Waals surface area contributed by atoms with Crippen LogP contribution >= 0.6 is 48.0 Å². The highest BCUT2D eigenvalue weighted by Crippen LogP contribution is 2.44. The Bertz CT molecular complexity index is 1310. The van der Waals surface area contributed by atoms with Crippen molar-refractivity contribution in [1.29, 1.82) is 0 Å². The van der Waals surface area contributed by atoms with Gasteiger partial charge < -0.3 is 9.47 Å². The zero-order valence-electron chi connectivity index (χ0n) is 22.2. The van der Waals surface area contributed by atoms with E-state index in [0.29, 0.717) is 11.4 Å². The summed E-state index contributed by atoms with van der Waals surface area (Å²) in [5.41, 5.74) is 2.54. The fourth-order valence-corrected chi connectivity index (χ4v) is 6.67. The third kappa shape index (κ3) is 6.80. The van der Waals surface area contributed by atoms with Gasteiger partial charge in [-0.1, -0.05) is 72.2 Å². The van der Waals surface area contributed by atoms with Crippen LogP contribution in [0.4, 0.5) is 11.4 Å². The molecule has 0 aromatic heterocycles. The maximum absolute atomic E-state index is 13.4. The second kappa shape index (κ2) is 12.6. The first-order chi connectivity index (χ1) is 18.9. The standard InChI is InChI=1S/C28H26N2O6S4/c1-15(2)35-21(31)13-17-5-9-19(10-6-17)29-25(33)23(39-27(29)37)24-26(34)30(28(38)40-24)20-11-7-18(8-12-20)14-22(32)36-16(3)4/h5-12,15-16H,13-14H2,1-4H3/b24-23+. The first-order valence-corrected chi connectivity index (χ1v) is 14.8. The molecule has 0 N–H and O–H groups in total. The van der Waals surface area contributed by atoms with Crippen LogP contribution in [0.5, 0.6) is 0 Å². The normalized spacial score (nSPS) is 17.4. The van der Waals surface area contributed by atoms with Crippen molar-refractivity contribution in [2.24, 2.45) is 0 Å². The van der Waals surface area contributed by atoms with Crippen molar-refractivity contribution >= 4 is 91.7 Å². The molecule has 2 heterocycles. The second-order valence-corrected chi connectivity index (χ2v) is 12.7. The van der Waals surface area contributed by atoms with Crippen LogP contribution in [0.15, 0.2) is 58.3 Å². The molecular weight excluding hydrogens is 589 g/mol. The Labute approximate surface area is 251 Å². The Morgan fingerprint density at radius 1 is 0.675 bits per heavy atom. The highest BCUT2D eigenvalue weighted by Gasteiger charge is 2.43. The lowest BCUT2D eigenvalue weighted by Crippen LogP contribution is -2.29. The summed E-state index contributed by atoms with van der Waals surface area (Å²) in [6.07, 6.45) is -0.172. The lowest BCUT2D eigenvalue weighted by Gasteiger charge is -2.16. The summed E-state index contributed by atoms with van der Waals surface area (Å²) in [5.74, 6) is -1.50. The number of benzene rings is 2. The van der Waals surface area contributed by atoms with E-state index >= 15 is 0 Å². The molecule has 2 aliphatic heterocycles. The lowest BCUT2D eigenvalue weighted by molar-refractivity contribution is -0.147. The molecule has 40 heavy (non-hydrogen) atoms. The summed E-state index contributed by atoms with van der Waals surface area (Å²) in [4.78, 5) is 53.9. The Morgan fingerprint density at radius 3 is 1.30 bits per heavy atom. The number of ether oxygens (including phenoxy) is 2. The predicted octanol–water partition coefficient (Wildman–Crippen LogP) is 5.32. The van der Waals surface area contributed by atoms with Gasteiger partial charge in [-0.15, -0.1) is 0 Å². The number of carbonyl (C=O) groups excluding carboxylic acids is 4. The number of thioether (sulfide) groups is 2. The fourth-order valence-electron chi connectivity index (χ4n) is 3.92. The van der Waals surface area contributed by atoms with Crippen LogP contribution in [0.25, 0.3) is 0 Å². The molecule has 12 heteroatoms. The van der Waals surface area contributed by atoms with Crippen LogP contribution in [0.1, 0.15) is 38.8 Å². The van der Waals surface area contributed by atoms with E-state index in [4.69, 9.17) is 33.9 Å². The van der Waals surface area contributed by atoms with Crippen molar-refractivity contribution in [3.8, 4) is 0 Å². The quantitative estimate of drug-likeness (QED) is 0.221. The van der Waals surface area contributed by atoms with Crippen molar-refractivity contribution in [2.45, 2.75) is 52.7 Å². The van der Waals surface area contributed by atoms with Gasteiger partial charge in [-0.05, 0) is 63.1 Å². The molecule has 208 valence electrons. The summed E-state index contributed by atoms with van der Waals surface area (Å²) >= 11 is 13.1. The maximum Gasteiger partial charge on any atom is 0.310 e. The third-order valence-corrected chi connectivity index (χ3v) is 8.44. The molecule has 0 atom stereocenters. The van der Waals surface area contributed by atoms with Gasteiger partial charge in [0.25, 0.3) is 11.8 Å². The topological polar surface area (TPSA) is 93.2 Å². The molecule has 0 spiro atoms. The molecule has 0 bridgehead atoms. The summed E-state index contributed by atoms with van der Waals surface area (Å²) < 4.78 is 10.9. The molecule has 2 aliphatic rings. The Hall–Kier alpha value is -3.06. The zero-order chi connectivity index (χ0) is 29.1. The van der Waals surface area contributed by atoms with E-state index in [-0.39, 0.29) is 55.4 Å². The van der Waals surface area contributed by atoms with E-state index in [1.54, 1.807) is 76.2 Å². The number of carbonyl (C=O) groups is 4. The molecule has 0 unspecified atom stereocenters. The van der Waals surface area contributed by atoms with E-state index in [0.717, 1.165) is 34.7 Å². The zero-order valence-corrected chi connectivity index (χ0v) is 25.4. The first kappa shape index (κ1) is 29.9. The van der Waals surface area contributed by atoms with E-state index in [2.05, 4.69) is 0 Å². The summed E-state index contributed by atoms with van der Waals surface area (Å²) in [7, 11) is 0. The van der Waals surface area contributed by atoms with E-state index < -0.39 is 11.8 Å².